The molecule has 0 saturated carbocycles. The van der Waals surface area contributed by atoms with Gasteiger partial charge in [0, 0.05) is 32.2 Å². The van der Waals surface area contributed by atoms with Crippen molar-refractivity contribution in [3.63, 3.8) is 0 Å². The molecule has 0 bridgehead atoms. The molecule has 5 rings (SSSR count). The second kappa shape index (κ2) is 10.1. The highest BCUT2D eigenvalue weighted by Gasteiger charge is 2.30. The Labute approximate surface area is 203 Å². The molecule has 0 aliphatic carbocycles. The van der Waals surface area contributed by atoms with Crippen LogP contribution in [0.4, 0.5) is 5.88 Å². The van der Waals surface area contributed by atoms with Crippen LogP contribution in [-0.2, 0) is 14.6 Å². The van der Waals surface area contributed by atoms with Gasteiger partial charge in [-0.1, -0.05) is 12.1 Å². The SMILES string of the molecule is COc1ccccc1-c1nc(S(=O)(=O)c2ccc3c(c2)OCCO3)c(NCCN2CCOCC2)o1. The highest BCUT2D eigenvalue weighted by Crippen LogP contribution is 2.38. The second-order valence-electron chi connectivity index (χ2n) is 8.04. The Balaban J connectivity index is 1.49. The maximum Gasteiger partial charge on any atom is 0.233 e. The zero-order valence-electron chi connectivity index (χ0n) is 19.4. The molecular formula is C24H27N3O7S. The van der Waals surface area contributed by atoms with Crippen LogP contribution in [0.3, 0.4) is 0 Å². The van der Waals surface area contributed by atoms with E-state index < -0.39 is 9.84 Å². The summed E-state index contributed by atoms with van der Waals surface area (Å²) in [6.45, 7) is 4.98. The zero-order valence-corrected chi connectivity index (χ0v) is 20.2. The largest absolute Gasteiger partial charge is 0.496 e. The van der Waals surface area contributed by atoms with Gasteiger partial charge in [-0.3, -0.25) is 4.90 Å². The van der Waals surface area contributed by atoms with Crippen molar-refractivity contribution in [2.75, 3.05) is 65.0 Å². The fraction of sp³-hybridized carbons (Fsp3) is 0.375. The van der Waals surface area contributed by atoms with Gasteiger partial charge >= 0.3 is 0 Å². The molecule has 1 N–H and O–H groups in total. The van der Waals surface area contributed by atoms with Crippen LogP contribution in [0.25, 0.3) is 11.5 Å². The summed E-state index contributed by atoms with van der Waals surface area (Å²) < 4.78 is 55.3. The van der Waals surface area contributed by atoms with Crippen LogP contribution in [0.2, 0.25) is 0 Å². The molecule has 1 fully saturated rings. The quantitative estimate of drug-likeness (QED) is 0.494. The Bertz CT molecular complexity index is 1290. The maximum absolute atomic E-state index is 13.7. The Morgan fingerprint density at radius 1 is 1.03 bits per heavy atom. The molecule has 0 atom stereocenters. The molecule has 3 heterocycles. The van der Waals surface area contributed by atoms with Crippen LogP contribution < -0.4 is 19.5 Å². The summed E-state index contributed by atoms with van der Waals surface area (Å²) in [4.78, 5) is 6.69. The van der Waals surface area contributed by atoms with Gasteiger partial charge in [0.2, 0.25) is 26.6 Å². The van der Waals surface area contributed by atoms with E-state index in [0.29, 0.717) is 62.3 Å². The molecule has 1 aromatic heterocycles. The van der Waals surface area contributed by atoms with Gasteiger partial charge < -0.3 is 28.7 Å². The minimum Gasteiger partial charge on any atom is -0.496 e. The second-order valence-corrected chi connectivity index (χ2v) is 9.91. The van der Waals surface area contributed by atoms with Crippen LogP contribution in [0.1, 0.15) is 0 Å². The first-order chi connectivity index (χ1) is 17.1. The van der Waals surface area contributed by atoms with E-state index in [1.807, 2.05) is 12.1 Å². The number of fused-ring (bicyclic) bond motifs is 1. The number of nitrogens with one attached hydrogen (secondary N) is 1. The highest BCUT2D eigenvalue weighted by molar-refractivity contribution is 7.91. The van der Waals surface area contributed by atoms with E-state index >= 15 is 0 Å². The molecule has 2 aliphatic rings. The Morgan fingerprint density at radius 3 is 2.60 bits per heavy atom. The lowest BCUT2D eigenvalue weighted by atomic mass is 10.2. The fourth-order valence-electron chi connectivity index (χ4n) is 3.99. The first kappa shape index (κ1) is 23.5. The number of anilines is 1. The topological polar surface area (TPSA) is 112 Å². The van der Waals surface area contributed by atoms with E-state index in [0.717, 1.165) is 13.1 Å². The third-order valence-electron chi connectivity index (χ3n) is 5.83. The fourth-order valence-corrected chi connectivity index (χ4v) is 5.28. The van der Waals surface area contributed by atoms with E-state index in [-0.39, 0.29) is 21.7 Å². The van der Waals surface area contributed by atoms with E-state index in [1.54, 1.807) is 18.2 Å². The molecule has 11 heteroatoms. The molecule has 186 valence electrons. The van der Waals surface area contributed by atoms with Crippen LogP contribution in [0, 0.1) is 0 Å². The minimum atomic E-state index is -4.04. The molecule has 0 spiro atoms. The summed E-state index contributed by atoms with van der Waals surface area (Å²) in [5.41, 5.74) is 0.551. The van der Waals surface area contributed by atoms with Crippen molar-refractivity contribution < 1.29 is 31.8 Å². The van der Waals surface area contributed by atoms with Gasteiger partial charge in [0.15, 0.2) is 11.5 Å². The van der Waals surface area contributed by atoms with Crippen LogP contribution in [-0.4, -0.2) is 78.0 Å². The van der Waals surface area contributed by atoms with Gasteiger partial charge in [-0.25, -0.2) is 8.42 Å². The molecule has 1 saturated heterocycles. The standard InChI is InChI=1S/C24H27N3O7S/c1-30-19-5-3-2-4-18(19)22-26-24(23(34-22)25-8-9-27-10-12-31-13-11-27)35(28,29)17-6-7-20-21(16-17)33-15-14-32-20/h2-7,16,25H,8-15H2,1H3. The molecule has 35 heavy (non-hydrogen) atoms. The van der Waals surface area contributed by atoms with Gasteiger partial charge in [0.25, 0.3) is 0 Å². The molecule has 0 radical (unpaired) electrons. The number of oxazole rings is 1. The van der Waals surface area contributed by atoms with Crippen LogP contribution in [0.15, 0.2) is 56.8 Å². The first-order valence-electron chi connectivity index (χ1n) is 11.4. The van der Waals surface area contributed by atoms with Crippen molar-refractivity contribution >= 4 is 15.7 Å². The summed E-state index contributed by atoms with van der Waals surface area (Å²) in [6, 6.07) is 11.7. The summed E-state index contributed by atoms with van der Waals surface area (Å²) in [7, 11) is -2.50. The van der Waals surface area contributed by atoms with Crippen molar-refractivity contribution in [3.8, 4) is 28.7 Å². The normalized spacial score (nSPS) is 16.1. The number of hydrogen-bond acceptors (Lipinski definition) is 10. The molecule has 2 aliphatic heterocycles. The van der Waals surface area contributed by atoms with E-state index in [9.17, 15) is 8.42 Å². The van der Waals surface area contributed by atoms with Crippen molar-refractivity contribution in [2.45, 2.75) is 9.92 Å². The molecule has 0 amide bonds. The number of hydrogen-bond donors (Lipinski definition) is 1. The van der Waals surface area contributed by atoms with Gasteiger partial charge in [-0.2, -0.15) is 4.98 Å². The number of methoxy groups -OCH3 is 1. The first-order valence-corrected chi connectivity index (χ1v) is 12.9. The van der Waals surface area contributed by atoms with Crippen molar-refractivity contribution in [2.24, 2.45) is 0 Å². The van der Waals surface area contributed by atoms with Gasteiger partial charge in [0.1, 0.15) is 19.0 Å². The number of aromatic nitrogens is 1. The van der Waals surface area contributed by atoms with Crippen LogP contribution in [0.5, 0.6) is 17.2 Å². The minimum absolute atomic E-state index is 0.0397. The number of morpholine rings is 1. The van der Waals surface area contributed by atoms with Crippen LogP contribution >= 0.6 is 0 Å². The number of ether oxygens (including phenoxy) is 4. The van der Waals surface area contributed by atoms with E-state index in [1.165, 1.54) is 19.2 Å². The zero-order chi connectivity index (χ0) is 24.3. The average Bonchev–Trinajstić information content (AvgIpc) is 3.34. The number of rotatable bonds is 8. The number of para-hydroxylation sites is 1. The predicted molar refractivity (Wildman–Crippen MR) is 127 cm³/mol. The number of benzene rings is 2. The average molecular weight is 502 g/mol. The van der Waals surface area contributed by atoms with Gasteiger partial charge in [-0.05, 0) is 24.3 Å². The van der Waals surface area contributed by atoms with E-state index in [4.69, 9.17) is 23.4 Å². The lowest BCUT2D eigenvalue weighted by Gasteiger charge is -2.26. The lowest BCUT2D eigenvalue weighted by Crippen LogP contribution is -2.39. The Hall–Kier alpha value is -3.28. The van der Waals surface area contributed by atoms with E-state index in [2.05, 4.69) is 15.2 Å². The predicted octanol–water partition coefficient (Wildman–Crippen LogP) is 2.70. The van der Waals surface area contributed by atoms with Crippen molar-refractivity contribution in [1.29, 1.82) is 0 Å². The summed E-state index contributed by atoms with van der Waals surface area (Å²) in [5, 5.41) is 2.94. The highest BCUT2D eigenvalue weighted by atomic mass is 32.2. The third-order valence-corrected chi connectivity index (χ3v) is 7.49. The van der Waals surface area contributed by atoms with Crippen molar-refractivity contribution in [3.05, 3.63) is 42.5 Å². The third kappa shape index (κ3) is 4.93. The molecule has 0 unspecified atom stereocenters. The number of nitrogens with zero attached hydrogens (tertiary/aromatic N) is 2. The summed E-state index contributed by atoms with van der Waals surface area (Å²) >= 11 is 0. The molecule has 10 nitrogen and oxygen atoms in total. The summed E-state index contributed by atoms with van der Waals surface area (Å²) in [6.07, 6.45) is 0. The maximum atomic E-state index is 13.7. The smallest absolute Gasteiger partial charge is 0.233 e. The van der Waals surface area contributed by atoms with Gasteiger partial charge in [-0.15, -0.1) is 0 Å². The Kier molecular flexibility index (Phi) is 6.80. The lowest BCUT2D eigenvalue weighted by molar-refractivity contribution is 0.0398. The molecular weight excluding hydrogens is 474 g/mol. The number of sulfone groups is 1. The monoisotopic (exact) mass is 501 g/mol. The molecule has 2 aromatic carbocycles. The van der Waals surface area contributed by atoms with Gasteiger partial charge in [0.05, 0.1) is 30.8 Å². The van der Waals surface area contributed by atoms with Crippen molar-refractivity contribution in [1.82, 2.24) is 9.88 Å². The Morgan fingerprint density at radius 2 is 1.80 bits per heavy atom. The molecule has 3 aromatic rings. The summed E-state index contributed by atoms with van der Waals surface area (Å²) in [5.74, 6) is 1.64.